The molecule has 0 spiro atoms. The van der Waals surface area contributed by atoms with E-state index in [1.54, 1.807) is 13.0 Å². The zero-order chi connectivity index (χ0) is 30.8. The number of benzene rings is 1. The second kappa shape index (κ2) is 19.7. The summed E-state index contributed by atoms with van der Waals surface area (Å²) in [5.41, 5.74) is 0.486. The molecule has 1 aromatic carbocycles. The zero-order valence-corrected chi connectivity index (χ0v) is 25.2. The molecule has 0 bridgehead atoms. The van der Waals surface area contributed by atoms with Gasteiger partial charge in [0.2, 0.25) is 0 Å². The van der Waals surface area contributed by atoms with Gasteiger partial charge in [-0.3, -0.25) is 9.59 Å². The minimum Gasteiger partial charge on any atom is -0.480 e. The summed E-state index contributed by atoms with van der Waals surface area (Å²) in [5.74, 6) is -0.975. The normalized spacial score (nSPS) is 12.5. The van der Waals surface area contributed by atoms with Crippen molar-refractivity contribution in [3.63, 3.8) is 0 Å². The van der Waals surface area contributed by atoms with Gasteiger partial charge in [0.1, 0.15) is 12.1 Å². The molecule has 1 unspecified atom stereocenters. The number of carboxylic acids is 1. The van der Waals surface area contributed by atoms with Gasteiger partial charge in [-0.05, 0) is 62.1 Å². The van der Waals surface area contributed by atoms with Crippen molar-refractivity contribution in [1.82, 2.24) is 5.32 Å². The molecule has 1 rings (SSSR count). The van der Waals surface area contributed by atoms with E-state index in [4.69, 9.17) is 23.7 Å². The summed E-state index contributed by atoms with van der Waals surface area (Å²) in [6.07, 6.45) is 1.83. The Morgan fingerprint density at radius 3 is 1.98 bits per heavy atom. The van der Waals surface area contributed by atoms with Crippen LogP contribution in [0.1, 0.15) is 85.6 Å². The Bertz CT molecular complexity index is 963. The number of unbranched alkanes of at least 4 members (excludes halogenated alkanes) is 2. The summed E-state index contributed by atoms with van der Waals surface area (Å²) in [7, 11) is 0. The number of nitrogens with one attached hydrogen (secondary N) is 1. The third-order valence-electron chi connectivity index (χ3n) is 5.93. The molecule has 1 aromatic rings. The van der Waals surface area contributed by atoms with Crippen LogP contribution in [-0.4, -0.2) is 61.3 Å². The Morgan fingerprint density at radius 1 is 0.854 bits per heavy atom. The number of hydrogen-bond acceptors (Lipinski definition) is 10. The fraction of sp³-hybridized carbons (Fsp3) is 0.667. The van der Waals surface area contributed by atoms with E-state index in [2.05, 4.69) is 5.32 Å². The van der Waals surface area contributed by atoms with Crippen LogP contribution in [0, 0.1) is 11.8 Å². The maximum atomic E-state index is 12.3. The smallest absolute Gasteiger partial charge is 0.480 e. The van der Waals surface area contributed by atoms with E-state index >= 15 is 0 Å². The number of hydrogen-bond donors (Lipinski definition) is 2. The standard InChI is InChI=1S/C30H47NO10/c1-7-8-9-10-27(32)39-22(6)19-31-24(28(33)34)17-23-11-12-25(40-29(35)37-15-13-20(2)3)26(18-23)41-30(36)38-16-14-21(4)5/h11-12,18,20-22,24,31H,7-10,13-17,19H2,1-6H3,(H,33,34)/t22?,24-/m0/s1. The number of carboxylic acid groups (broad SMARTS) is 1. The van der Waals surface area contributed by atoms with Crippen LogP contribution in [0.3, 0.4) is 0 Å². The first-order valence-corrected chi connectivity index (χ1v) is 14.4. The van der Waals surface area contributed by atoms with Crippen LogP contribution in [0.15, 0.2) is 18.2 Å². The van der Waals surface area contributed by atoms with Gasteiger partial charge < -0.3 is 34.1 Å². The third-order valence-corrected chi connectivity index (χ3v) is 5.93. The van der Waals surface area contributed by atoms with Crippen molar-refractivity contribution in [3.05, 3.63) is 23.8 Å². The predicted molar refractivity (Wildman–Crippen MR) is 152 cm³/mol. The van der Waals surface area contributed by atoms with Gasteiger partial charge in [-0.2, -0.15) is 0 Å². The highest BCUT2D eigenvalue weighted by Crippen LogP contribution is 2.30. The molecule has 0 aromatic heterocycles. The molecule has 0 fully saturated rings. The predicted octanol–water partition coefficient (Wildman–Crippen LogP) is 5.91. The lowest BCUT2D eigenvalue weighted by Gasteiger charge is -2.19. The van der Waals surface area contributed by atoms with Gasteiger partial charge in [0.25, 0.3) is 0 Å². The number of carbonyl (C=O) groups is 4. The lowest BCUT2D eigenvalue weighted by molar-refractivity contribution is -0.148. The van der Waals surface area contributed by atoms with Gasteiger partial charge in [0.05, 0.1) is 13.2 Å². The number of esters is 1. The van der Waals surface area contributed by atoms with E-state index in [-0.39, 0.29) is 43.6 Å². The summed E-state index contributed by atoms with van der Waals surface area (Å²) in [5, 5.41) is 12.7. The summed E-state index contributed by atoms with van der Waals surface area (Å²) >= 11 is 0. The highest BCUT2D eigenvalue weighted by atomic mass is 16.7. The monoisotopic (exact) mass is 581 g/mol. The van der Waals surface area contributed by atoms with Gasteiger partial charge in [-0.25, -0.2) is 9.59 Å². The van der Waals surface area contributed by atoms with E-state index < -0.39 is 30.4 Å². The molecule has 232 valence electrons. The molecule has 0 saturated heterocycles. The van der Waals surface area contributed by atoms with Crippen LogP contribution in [0.2, 0.25) is 0 Å². The number of aliphatic carboxylic acids is 1. The second-order valence-corrected chi connectivity index (χ2v) is 10.8. The zero-order valence-electron chi connectivity index (χ0n) is 25.2. The lowest BCUT2D eigenvalue weighted by Crippen LogP contribution is -2.42. The average Bonchev–Trinajstić information content (AvgIpc) is 2.87. The van der Waals surface area contributed by atoms with Crippen LogP contribution < -0.4 is 14.8 Å². The van der Waals surface area contributed by atoms with E-state index in [0.29, 0.717) is 36.7 Å². The van der Waals surface area contributed by atoms with Crippen molar-refractivity contribution in [2.45, 2.75) is 98.6 Å². The molecule has 0 amide bonds. The highest BCUT2D eigenvalue weighted by molar-refractivity contribution is 5.74. The van der Waals surface area contributed by atoms with E-state index in [1.165, 1.54) is 12.1 Å². The van der Waals surface area contributed by atoms with Crippen molar-refractivity contribution in [2.24, 2.45) is 11.8 Å². The maximum Gasteiger partial charge on any atom is 0.513 e. The summed E-state index contributed by atoms with van der Waals surface area (Å²) in [6.45, 7) is 12.1. The Balaban J connectivity index is 2.93. The van der Waals surface area contributed by atoms with Crippen molar-refractivity contribution in [3.8, 4) is 11.5 Å². The summed E-state index contributed by atoms with van der Waals surface area (Å²) in [4.78, 5) is 48.4. The highest BCUT2D eigenvalue weighted by Gasteiger charge is 2.22. The molecular weight excluding hydrogens is 534 g/mol. The van der Waals surface area contributed by atoms with Gasteiger partial charge in [-0.1, -0.05) is 53.5 Å². The fourth-order valence-corrected chi connectivity index (χ4v) is 3.47. The van der Waals surface area contributed by atoms with E-state index in [9.17, 15) is 24.3 Å². The minimum absolute atomic E-state index is 0.00434. The van der Waals surface area contributed by atoms with Gasteiger partial charge in [0, 0.05) is 13.0 Å². The molecule has 2 atom stereocenters. The van der Waals surface area contributed by atoms with Gasteiger partial charge in [0.15, 0.2) is 11.5 Å². The molecule has 2 N–H and O–H groups in total. The lowest BCUT2D eigenvalue weighted by atomic mass is 10.0. The number of carbonyl (C=O) groups excluding carboxylic acids is 3. The second-order valence-electron chi connectivity index (χ2n) is 10.8. The molecule has 41 heavy (non-hydrogen) atoms. The number of rotatable bonds is 19. The van der Waals surface area contributed by atoms with E-state index in [0.717, 1.165) is 19.3 Å². The van der Waals surface area contributed by atoms with Crippen molar-refractivity contribution < 1.29 is 48.0 Å². The summed E-state index contributed by atoms with van der Waals surface area (Å²) in [6, 6.07) is 3.34. The first kappa shape index (κ1) is 35.7. The maximum absolute atomic E-state index is 12.3. The van der Waals surface area contributed by atoms with Crippen molar-refractivity contribution in [1.29, 1.82) is 0 Å². The quantitative estimate of drug-likeness (QED) is 0.0870. The van der Waals surface area contributed by atoms with Crippen LogP contribution in [-0.2, 0) is 30.2 Å². The van der Waals surface area contributed by atoms with Crippen LogP contribution in [0.4, 0.5) is 9.59 Å². The molecule has 0 radical (unpaired) electrons. The van der Waals surface area contributed by atoms with Crippen LogP contribution >= 0.6 is 0 Å². The Kier molecular flexibility index (Phi) is 17.1. The van der Waals surface area contributed by atoms with E-state index in [1.807, 2.05) is 34.6 Å². The SMILES string of the molecule is CCCCCC(=O)OC(C)CN[C@@H](Cc1ccc(OC(=O)OCCC(C)C)c(OC(=O)OCCC(C)C)c1)C(=O)O. The topological polar surface area (TPSA) is 147 Å². The van der Waals surface area contributed by atoms with Gasteiger partial charge >= 0.3 is 24.2 Å². The molecule has 0 aliphatic carbocycles. The molecule has 0 aliphatic heterocycles. The molecule has 0 heterocycles. The molecular formula is C30H47NO10. The third kappa shape index (κ3) is 16.5. The van der Waals surface area contributed by atoms with Crippen LogP contribution in [0.5, 0.6) is 11.5 Å². The van der Waals surface area contributed by atoms with Crippen molar-refractivity contribution >= 4 is 24.2 Å². The fourth-order valence-electron chi connectivity index (χ4n) is 3.47. The Hall–Kier alpha value is -3.34. The first-order valence-electron chi connectivity index (χ1n) is 14.4. The molecule has 11 nitrogen and oxygen atoms in total. The molecule has 11 heteroatoms. The number of ether oxygens (including phenoxy) is 5. The Morgan fingerprint density at radius 2 is 1.44 bits per heavy atom. The summed E-state index contributed by atoms with van der Waals surface area (Å²) < 4.78 is 26.1. The Labute approximate surface area is 243 Å². The first-order chi connectivity index (χ1) is 19.4. The molecule has 0 saturated carbocycles. The average molecular weight is 582 g/mol. The van der Waals surface area contributed by atoms with Crippen LogP contribution in [0.25, 0.3) is 0 Å². The largest absolute Gasteiger partial charge is 0.513 e. The minimum atomic E-state index is -1.11. The van der Waals surface area contributed by atoms with Crippen molar-refractivity contribution in [2.75, 3.05) is 19.8 Å². The van der Waals surface area contributed by atoms with Gasteiger partial charge in [-0.15, -0.1) is 0 Å². The molecule has 0 aliphatic rings.